The number of anilines is 2. The Kier molecular flexibility index (Phi) is 12.6. The molecule has 272 valence electrons. The van der Waals surface area contributed by atoms with Crippen LogP contribution in [0.3, 0.4) is 0 Å². The Morgan fingerprint density at radius 2 is 1.60 bits per heavy atom. The van der Waals surface area contributed by atoms with Gasteiger partial charge in [0.2, 0.25) is 0 Å². The number of hydrogen-bond donors (Lipinski definition) is 4. The number of aliphatic hydroxyl groups excluding tert-OH is 1. The van der Waals surface area contributed by atoms with E-state index in [9.17, 15) is 36.9 Å². The Hall–Kier alpha value is -5.27. The van der Waals surface area contributed by atoms with Gasteiger partial charge in [-0.25, -0.2) is 9.59 Å². The van der Waals surface area contributed by atoms with Gasteiger partial charge in [0.25, 0.3) is 5.91 Å². The van der Waals surface area contributed by atoms with Crippen LogP contribution in [0.5, 0.6) is 0 Å². The number of carboxylic acid groups (broad SMARTS) is 1. The van der Waals surface area contributed by atoms with E-state index in [1.165, 1.54) is 40.8 Å². The standard InChI is InChI=1S/C39H38F3N3O6S/c40-39(41,42)22-31-15-18-32(21-35(31)52(51)25-27-7-3-1-4-8-27)44-38(50)45(33-19-16-29(17-20-33)28-9-5-2-6-10-28)24-26-11-13-30(14-12-26)36(47)43-23-34(46)37(48)49/h1,3-4,7-9,11-21,34,46H,2,5-6,10,22-25H2,(H,43,47)(H,44,50)(H,48,49)/t34-,52?/m1/s1. The molecule has 1 aliphatic carbocycles. The number of amides is 3. The van der Waals surface area contributed by atoms with Crippen LogP contribution in [0.15, 0.2) is 108 Å². The molecule has 1 unspecified atom stereocenters. The van der Waals surface area contributed by atoms with Crippen LogP contribution in [-0.2, 0) is 34.3 Å². The molecule has 3 amide bonds. The molecule has 0 aliphatic heterocycles. The molecule has 0 radical (unpaired) electrons. The summed E-state index contributed by atoms with van der Waals surface area (Å²) in [5, 5.41) is 23.4. The highest BCUT2D eigenvalue weighted by Crippen LogP contribution is 2.31. The van der Waals surface area contributed by atoms with Gasteiger partial charge in [0, 0.05) is 21.8 Å². The fourth-order valence-corrected chi connectivity index (χ4v) is 7.10. The number of aliphatic carboxylic acids is 1. The van der Waals surface area contributed by atoms with Crippen molar-refractivity contribution in [3.63, 3.8) is 0 Å². The summed E-state index contributed by atoms with van der Waals surface area (Å²) in [6.45, 7) is -0.442. The molecule has 0 bridgehead atoms. The number of nitrogens with zero attached hydrogens (tertiary/aromatic N) is 1. The van der Waals surface area contributed by atoms with Gasteiger partial charge in [-0.05, 0) is 89.9 Å². The number of carbonyl (C=O) groups excluding carboxylic acids is 2. The number of alkyl halides is 3. The van der Waals surface area contributed by atoms with Crippen LogP contribution in [0, 0.1) is 0 Å². The van der Waals surface area contributed by atoms with Crippen LogP contribution in [0.1, 0.15) is 58.3 Å². The number of rotatable bonds is 13. The van der Waals surface area contributed by atoms with Crippen LogP contribution in [0.2, 0.25) is 0 Å². The number of carboxylic acids is 1. The molecule has 1 aliphatic rings. The van der Waals surface area contributed by atoms with Gasteiger partial charge in [-0.1, -0.05) is 66.7 Å². The van der Waals surface area contributed by atoms with Gasteiger partial charge in [-0.15, -0.1) is 0 Å². The van der Waals surface area contributed by atoms with Crippen molar-refractivity contribution < 1.29 is 42.0 Å². The molecule has 0 spiro atoms. The van der Waals surface area contributed by atoms with Crippen LogP contribution < -0.4 is 15.5 Å². The van der Waals surface area contributed by atoms with E-state index in [0.717, 1.165) is 31.2 Å². The van der Waals surface area contributed by atoms with Gasteiger partial charge in [0.15, 0.2) is 6.10 Å². The maximum atomic E-state index is 14.0. The summed E-state index contributed by atoms with van der Waals surface area (Å²) in [5.41, 5.74) is 4.34. The van der Waals surface area contributed by atoms with E-state index < -0.39 is 54.0 Å². The zero-order chi connectivity index (χ0) is 37.3. The minimum Gasteiger partial charge on any atom is -0.479 e. The molecule has 2 atom stereocenters. The Bertz CT molecular complexity index is 1930. The van der Waals surface area contributed by atoms with Crippen molar-refractivity contribution in [2.45, 2.75) is 61.6 Å². The topological polar surface area (TPSA) is 136 Å². The number of halogens is 3. The number of nitrogens with one attached hydrogen (secondary N) is 2. The van der Waals surface area contributed by atoms with Crippen LogP contribution >= 0.6 is 0 Å². The molecule has 0 fully saturated rings. The van der Waals surface area contributed by atoms with Crippen molar-refractivity contribution in [1.82, 2.24) is 5.32 Å². The van der Waals surface area contributed by atoms with Gasteiger partial charge in [0.05, 0.1) is 36.1 Å². The summed E-state index contributed by atoms with van der Waals surface area (Å²) in [5.74, 6) is -2.07. The predicted molar refractivity (Wildman–Crippen MR) is 193 cm³/mol. The molecule has 4 aromatic rings. The summed E-state index contributed by atoms with van der Waals surface area (Å²) in [7, 11) is -1.85. The number of urea groups is 1. The fraction of sp³-hybridized carbons (Fsp3) is 0.256. The molecule has 4 aromatic carbocycles. The van der Waals surface area contributed by atoms with Crippen molar-refractivity contribution in [1.29, 1.82) is 0 Å². The van der Waals surface area contributed by atoms with E-state index >= 15 is 0 Å². The minimum absolute atomic E-state index is 0.00777. The first kappa shape index (κ1) is 38.0. The zero-order valence-corrected chi connectivity index (χ0v) is 28.9. The van der Waals surface area contributed by atoms with Crippen LogP contribution in [-0.4, -0.2) is 51.2 Å². The molecule has 4 N–H and O–H groups in total. The van der Waals surface area contributed by atoms with Gasteiger partial charge in [-0.2, -0.15) is 13.2 Å². The van der Waals surface area contributed by atoms with Gasteiger partial charge >= 0.3 is 18.2 Å². The van der Waals surface area contributed by atoms with Crippen LogP contribution in [0.4, 0.5) is 29.3 Å². The number of carbonyl (C=O) groups is 3. The lowest BCUT2D eigenvalue weighted by molar-refractivity contribution is -0.146. The van der Waals surface area contributed by atoms with E-state index in [1.807, 2.05) is 24.3 Å². The number of benzene rings is 4. The molecular weight excluding hydrogens is 696 g/mol. The normalized spacial score (nSPS) is 14.1. The second-order valence-corrected chi connectivity index (χ2v) is 13.8. The largest absolute Gasteiger partial charge is 0.479 e. The van der Waals surface area contributed by atoms with E-state index in [-0.39, 0.29) is 34.0 Å². The number of hydrogen-bond acceptors (Lipinski definition) is 5. The molecule has 52 heavy (non-hydrogen) atoms. The van der Waals surface area contributed by atoms with Crippen molar-refractivity contribution in [2.75, 3.05) is 16.8 Å². The number of allylic oxidation sites excluding steroid dienone is 2. The lowest BCUT2D eigenvalue weighted by atomic mass is 9.93. The molecule has 0 aromatic heterocycles. The van der Waals surface area contributed by atoms with E-state index in [1.54, 1.807) is 42.5 Å². The van der Waals surface area contributed by atoms with Gasteiger partial charge < -0.3 is 20.8 Å². The molecular formula is C39H38F3N3O6S. The molecule has 9 nitrogen and oxygen atoms in total. The lowest BCUT2D eigenvalue weighted by Gasteiger charge is -2.25. The summed E-state index contributed by atoms with van der Waals surface area (Å²) in [4.78, 5) is 38.8. The van der Waals surface area contributed by atoms with Gasteiger partial charge in [0.1, 0.15) is 0 Å². The predicted octanol–water partition coefficient (Wildman–Crippen LogP) is 7.47. The highest BCUT2D eigenvalue weighted by molar-refractivity contribution is 7.84. The average Bonchev–Trinajstić information content (AvgIpc) is 3.13. The molecule has 13 heteroatoms. The first-order chi connectivity index (χ1) is 24.9. The third-order valence-electron chi connectivity index (χ3n) is 8.48. The van der Waals surface area contributed by atoms with E-state index in [2.05, 4.69) is 16.7 Å². The lowest BCUT2D eigenvalue weighted by Crippen LogP contribution is -2.36. The Balaban J connectivity index is 1.41. The maximum absolute atomic E-state index is 14.0. The average molecular weight is 734 g/mol. The highest BCUT2D eigenvalue weighted by atomic mass is 32.2. The third kappa shape index (κ3) is 10.6. The Morgan fingerprint density at radius 3 is 2.23 bits per heavy atom. The second-order valence-electron chi connectivity index (χ2n) is 12.4. The summed E-state index contributed by atoms with van der Waals surface area (Å²) in [6, 6.07) is 25.8. The quantitative estimate of drug-likeness (QED) is 0.113. The van der Waals surface area contributed by atoms with Gasteiger partial charge in [-0.3, -0.25) is 13.9 Å². The number of aliphatic hydroxyl groups is 1. The maximum Gasteiger partial charge on any atom is 0.393 e. The van der Waals surface area contributed by atoms with Crippen molar-refractivity contribution in [2.24, 2.45) is 0 Å². The second kappa shape index (κ2) is 17.3. The molecule has 0 saturated heterocycles. The summed E-state index contributed by atoms with van der Waals surface area (Å²) < 4.78 is 54.0. The molecule has 5 rings (SSSR count). The molecule has 0 heterocycles. The van der Waals surface area contributed by atoms with E-state index in [0.29, 0.717) is 16.8 Å². The summed E-state index contributed by atoms with van der Waals surface area (Å²) in [6.07, 6.45) is -1.17. The van der Waals surface area contributed by atoms with Crippen molar-refractivity contribution in [3.8, 4) is 0 Å². The van der Waals surface area contributed by atoms with Crippen molar-refractivity contribution in [3.05, 3.63) is 131 Å². The summed E-state index contributed by atoms with van der Waals surface area (Å²) >= 11 is 0. The monoisotopic (exact) mass is 733 g/mol. The van der Waals surface area contributed by atoms with E-state index in [4.69, 9.17) is 5.11 Å². The SMILES string of the molecule is O=C(NC[C@@H](O)C(=O)O)c1ccc(CN(C(=O)Nc2ccc(CC(F)(F)F)c(S(=O)Cc3ccccc3)c2)c2ccc(C3=CCCCC3)cc2)cc1. The molecule has 0 saturated carbocycles. The Labute approximate surface area is 301 Å². The highest BCUT2D eigenvalue weighted by Gasteiger charge is 2.30. The first-order valence-electron chi connectivity index (χ1n) is 16.6. The van der Waals surface area contributed by atoms with Crippen LogP contribution in [0.25, 0.3) is 5.57 Å². The third-order valence-corrected chi connectivity index (χ3v) is 9.95. The minimum atomic E-state index is -4.54. The first-order valence-corrected chi connectivity index (χ1v) is 18.0. The smallest absolute Gasteiger partial charge is 0.393 e. The Morgan fingerprint density at radius 1 is 0.885 bits per heavy atom. The van der Waals surface area contributed by atoms with Crippen molar-refractivity contribution >= 4 is 45.7 Å². The zero-order valence-electron chi connectivity index (χ0n) is 28.1. The fourth-order valence-electron chi connectivity index (χ4n) is 5.76.